The molecule has 1 fully saturated rings. The second-order valence-corrected chi connectivity index (χ2v) is 11.7. The molecule has 35 heavy (non-hydrogen) atoms. The maximum atomic E-state index is 13.6. The number of methoxy groups -OCH3 is 2. The van der Waals surface area contributed by atoms with Gasteiger partial charge >= 0.3 is 0 Å². The van der Waals surface area contributed by atoms with Gasteiger partial charge in [0.25, 0.3) is 0 Å². The van der Waals surface area contributed by atoms with Gasteiger partial charge < -0.3 is 14.4 Å². The van der Waals surface area contributed by atoms with E-state index in [1.54, 1.807) is 29.9 Å². The van der Waals surface area contributed by atoms with Crippen LogP contribution in [-0.4, -0.2) is 58.1 Å². The number of piperazine rings is 1. The number of ether oxygens (including phenoxy) is 2. The van der Waals surface area contributed by atoms with Gasteiger partial charge in [0, 0.05) is 43.5 Å². The number of hydrogen-bond donors (Lipinski definition) is 0. The maximum Gasteiger partial charge on any atom is 0.243 e. The monoisotopic (exact) mass is 515 g/mol. The molecule has 0 atom stereocenters. The van der Waals surface area contributed by atoms with E-state index in [9.17, 15) is 8.42 Å². The minimum Gasteiger partial charge on any atom is -0.497 e. The highest BCUT2D eigenvalue weighted by molar-refractivity contribution is 7.89. The van der Waals surface area contributed by atoms with Gasteiger partial charge in [-0.15, -0.1) is 11.3 Å². The fourth-order valence-corrected chi connectivity index (χ4v) is 7.43. The van der Waals surface area contributed by atoms with Crippen LogP contribution in [0.1, 0.15) is 33.5 Å². The lowest BCUT2D eigenvalue weighted by atomic mass is 10.0. The van der Waals surface area contributed by atoms with Gasteiger partial charge in [-0.1, -0.05) is 6.07 Å². The first-order valence-corrected chi connectivity index (χ1v) is 14.0. The Morgan fingerprint density at radius 3 is 2.20 bits per heavy atom. The van der Waals surface area contributed by atoms with Crippen molar-refractivity contribution in [1.29, 1.82) is 0 Å². The van der Waals surface area contributed by atoms with Crippen LogP contribution in [0.15, 0.2) is 34.5 Å². The van der Waals surface area contributed by atoms with Gasteiger partial charge in [-0.2, -0.15) is 4.31 Å². The molecule has 2 heterocycles. The summed E-state index contributed by atoms with van der Waals surface area (Å²) < 4.78 is 39.6. The molecule has 1 aliphatic rings. The average molecular weight is 516 g/mol. The highest BCUT2D eigenvalue weighted by atomic mass is 32.2. The minimum atomic E-state index is -3.56. The third-order valence-electron chi connectivity index (χ3n) is 6.80. The van der Waals surface area contributed by atoms with Crippen molar-refractivity contribution in [3.8, 4) is 11.5 Å². The molecule has 0 unspecified atom stereocenters. The summed E-state index contributed by atoms with van der Waals surface area (Å²) in [5.74, 6) is 1.58. The molecule has 0 radical (unpaired) electrons. The van der Waals surface area contributed by atoms with Gasteiger partial charge in [0.1, 0.15) is 11.5 Å². The third-order valence-corrected chi connectivity index (χ3v) is 9.93. The van der Waals surface area contributed by atoms with Crippen molar-refractivity contribution >= 4 is 26.5 Å². The van der Waals surface area contributed by atoms with Gasteiger partial charge in [-0.3, -0.25) is 0 Å². The van der Waals surface area contributed by atoms with Crippen LogP contribution in [0.25, 0.3) is 0 Å². The van der Waals surface area contributed by atoms with Crippen molar-refractivity contribution in [3.05, 3.63) is 63.2 Å². The Balaban J connectivity index is 1.47. The molecular formula is C26H33N3O4S2. The molecule has 2 aromatic carbocycles. The van der Waals surface area contributed by atoms with E-state index in [1.807, 2.05) is 45.9 Å². The molecule has 3 aromatic rings. The van der Waals surface area contributed by atoms with Gasteiger partial charge in [-0.25, -0.2) is 13.4 Å². The molecule has 0 spiro atoms. The molecule has 0 aliphatic carbocycles. The summed E-state index contributed by atoms with van der Waals surface area (Å²) in [6.07, 6.45) is 0.635. The second kappa shape index (κ2) is 10.2. The molecule has 4 rings (SSSR count). The topological polar surface area (TPSA) is 72.0 Å². The smallest absolute Gasteiger partial charge is 0.243 e. The zero-order valence-electron chi connectivity index (χ0n) is 21.2. The van der Waals surface area contributed by atoms with Crippen molar-refractivity contribution in [1.82, 2.24) is 9.29 Å². The Hall–Kier alpha value is -2.62. The van der Waals surface area contributed by atoms with E-state index < -0.39 is 10.0 Å². The van der Waals surface area contributed by atoms with E-state index in [0.29, 0.717) is 37.5 Å². The number of nitrogens with zero attached hydrogens (tertiary/aromatic N) is 3. The maximum absolute atomic E-state index is 13.6. The summed E-state index contributed by atoms with van der Waals surface area (Å²) in [5, 5.41) is 2.97. The van der Waals surface area contributed by atoms with Crippen LogP contribution >= 0.6 is 11.3 Å². The Bertz CT molecular complexity index is 1300. The van der Waals surface area contributed by atoms with Crippen LogP contribution in [0, 0.1) is 27.7 Å². The largest absolute Gasteiger partial charge is 0.497 e. The Kier molecular flexibility index (Phi) is 7.40. The third kappa shape index (κ3) is 5.03. The lowest BCUT2D eigenvalue weighted by Crippen LogP contribution is -2.49. The zero-order chi connectivity index (χ0) is 25.3. The fraction of sp³-hybridized carbons (Fsp3) is 0.423. The van der Waals surface area contributed by atoms with Crippen LogP contribution in [-0.2, 0) is 16.4 Å². The number of aryl methyl sites for hydroxylation is 2. The van der Waals surface area contributed by atoms with E-state index in [-0.39, 0.29) is 0 Å². The molecular weight excluding hydrogens is 482 g/mol. The molecule has 188 valence electrons. The molecule has 0 amide bonds. The summed E-state index contributed by atoms with van der Waals surface area (Å²) >= 11 is 1.59. The number of benzene rings is 2. The van der Waals surface area contributed by atoms with Crippen molar-refractivity contribution in [2.75, 3.05) is 45.3 Å². The number of sulfonamides is 1. The molecule has 7 nitrogen and oxygen atoms in total. The summed E-state index contributed by atoms with van der Waals surface area (Å²) in [6, 6.07) is 7.81. The van der Waals surface area contributed by atoms with Crippen LogP contribution in [0.3, 0.4) is 0 Å². The van der Waals surface area contributed by atoms with Crippen LogP contribution < -0.4 is 14.4 Å². The summed E-state index contributed by atoms with van der Waals surface area (Å²) in [4.78, 5) is 7.47. The lowest BCUT2D eigenvalue weighted by molar-refractivity contribution is 0.384. The van der Waals surface area contributed by atoms with E-state index >= 15 is 0 Å². The first kappa shape index (κ1) is 25.5. The summed E-state index contributed by atoms with van der Waals surface area (Å²) in [6.45, 7) is 9.84. The molecule has 1 aliphatic heterocycles. The first-order valence-electron chi connectivity index (χ1n) is 11.6. The highest BCUT2D eigenvalue weighted by Gasteiger charge is 2.32. The summed E-state index contributed by atoms with van der Waals surface area (Å²) in [5.41, 5.74) is 5.66. The zero-order valence-corrected chi connectivity index (χ0v) is 22.8. The first-order chi connectivity index (χ1) is 16.6. The van der Waals surface area contributed by atoms with Crippen molar-refractivity contribution in [3.63, 3.8) is 0 Å². The molecule has 1 saturated heterocycles. The second-order valence-electron chi connectivity index (χ2n) is 8.96. The predicted molar refractivity (Wildman–Crippen MR) is 141 cm³/mol. The molecule has 9 heteroatoms. The predicted octanol–water partition coefficient (Wildman–Crippen LogP) is 4.50. The lowest BCUT2D eigenvalue weighted by Gasteiger charge is -2.34. The molecule has 0 bridgehead atoms. The van der Waals surface area contributed by atoms with Gasteiger partial charge in [0.05, 0.1) is 24.8 Å². The van der Waals surface area contributed by atoms with Gasteiger partial charge in [-0.05, 0) is 68.1 Å². The standard InChI is InChI=1S/C26H33N3O4S2/c1-17-13-18(2)20(4)25(19(17)3)35(30,31)29-11-9-28(10-12-29)26-27-22(16-34-26)14-21-15-23(32-5)7-8-24(21)33-6/h7-8,13,15-16H,9-12,14H2,1-6H3. The van der Waals surface area contributed by atoms with Crippen molar-refractivity contribution in [2.45, 2.75) is 39.0 Å². The minimum absolute atomic E-state index is 0.437. The Morgan fingerprint density at radius 1 is 0.943 bits per heavy atom. The number of thiazole rings is 1. The number of anilines is 1. The summed E-state index contributed by atoms with van der Waals surface area (Å²) in [7, 11) is -0.253. The molecule has 1 aromatic heterocycles. The van der Waals surface area contributed by atoms with Crippen LogP contribution in [0.5, 0.6) is 11.5 Å². The number of aromatic nitrogens is 1. The Labute approximate surface area is 212 Å². The van der Waals surface area contributed by atoms with E-state index in [2.05, 4.69) is 16.3 Å². The number of hydrogen-bond acceptors (Lipinski definition) is 7. The van der Waals surface area contributed by atoms with E-state index in [1.165, 1.54) is 0 Å². The van der Waals surface area contributed by atoms with Gasteiger partial charge in [0.15, 0.2) is 5.13 Å². The Morgan fingerprint density at radius 2 is 1.60 bits per heavy atom. The quantitative estimate of drug-likeness (QED) is 0.462. The van der Waals surface area contributed by atoms with Crippen LogP contribution in [0.4, 0.5) is 5.13 Å². The van der Waals surface area contributed by atoms with Crippen LogP contribution in [0.2, 0.25) is 0 Å². The van der Waals surface area contributed by atoms with E-state index in [0.717, 1.165) is 50.1 Å². The fourth-order valence-electron chi connectivity index (χ4n) is 4.55. The normalized spacial score (nSPS) is 14.9. The van der Waals surface area contributed by atoms with Crippen molar-refractivity contribution in [2.24, 2.45) is 0 Å². The average Bonchev–Trinajstić information content (AvgIpc) is 3.31. The van der Waals surface area contributed by atoms with Crippen molar-refractivity contribution < 1.29 is 17.9 Å². The van der Waals surface area contributed by atoms with Gasteiger partial charge in [0.2, 0.25) is 10.0 Å². The van der Waals surface area contributed by atoms with E-state index in [4.69, 9.17) is 14.5 Å². The molecule has 0 N–H and O–H groups in total. The highest BCUT2D eigenvalue weighted by Crippen LogP contribution is 2.31. The number of rotatable bonds is 7. The molecule has 0 saturated carbocycles. The SMILES string of the molecule is COc1ccc(OC)c(Cc2csc(N3CCN(S(=O)(=O)c4c(C)c(C)cc(C)c4C)CC3)n2)c1.